The first-order valence-corrected chi connectivity index (χ1v) is 10.3. The normalized spacial score (nSPS) is 13.1. The van der Waals surface area contributed by atoms with Crippen molar-refractivity contribution in [1.29, 1.82) is 0 Å². The summed E-state index contributed by atoms with van der Waals surface area (Å²) in [7, 11) is 0. The lowest BCUT2D eigenvalue weighted by atomic mass is 10.1. The molecule has 1 aliphatic rings. The molecule has 0 unspecified atom stereocenters. The highest BCUT2D eigenvalue weighted by Gasteiger charge is 2.34. The second-order valence-electron chi connectivity index (χ2n) is 7.36. The van der Waals surface area contributed by atoms with E-state index < -0.39 is 0 Å². The van der Waals surface area contributed by atoms with Crippen molar-refractivity contribution in [2.24, 2.45) is 0 Å². The fourth-order valence-corrected chi connectivity index (χ4v) is 3.55. The number of amides is 2. The third-order valence-corrected chi connectivity index (χ3v) is 5.30. The second kappa shape index (κ2) is 8.49. The highest BCUT2D eigenvalue weighted by molar-refractivity contribution is 6.04. The molecule has 154 valence electrons. The molecule has 0 saturated heterocycles. The number of aromatic nitrogens is 3. The van der Waals surface area contributed by atoms with Crippen LogP contribution in [-0.2, 0) is 0 Å². The van der Waals surface area contributed by atoms with E-state index >= 15 is 0 Å². The quantitative estimate of drug-likeness (QED) is 0.649. The molecule has 0 bridgehead atoms. The van der Waals surface area contributed by atoms with Gasteiger partial charge in [0.15, 0.2) is 5.69 Å². The van der Waals surface area contributed by atoms with E-state index in [1.807, 2.05) is 44.2 Å². The van der Waals surface area contributed by atoms with Gasteiger partial charge in [-0.1, -0.05) is 29.5 Å². The van der Waals surface area contributed by atoms with Crippen LogP contribution in [0.5, 0.6) is 0 Å². The summed E-state index contributed by atoms with van der Waals surface area (Å²) in [5.74, 6) is -0.0761. The summed E-state index contributed by atoms with van der Waals surface area (Å²) in [5.41, 5.74) is 3.18. The van der Waals surface area contributed by atoms with Crippen LogP contribution in [0, 0.1) is 0 Å². The van der Waals surface area contributed by atoms with Crippen LogP contribution >= 0.6 is 0 Å². The lowest BCUT2D eigenvalue weighted by Gasteiger charge is -2.19. The summed E-state index contributed by atoms with van der Waals surface area (Å²) in [6, 6.07) is 16.7. The second-order valence-corrected chi connectivity index (χ2v) is 7.36. The Bertz CT molecular complexity index is 1050. The minimum atomic E-state index is -0.313. The van der Waals surface area contributed by atoms with Crippen molar-refractivity contribution in [3.8, 4) is 5.69 Å². The van der Waals surface area contributed by atoms with Crippen LogP contribution in [0.15, 0.2) is 54.6 Å². The van der Waals surface area contributed by atoms with E-state index in [0.717, 1.165) is 24.2 Å². The van der Waals surface area contributed by atoms with Crippen LogP contribution in [0.25, 0.3) is 5.69 Å². The van der Waals surface area contributed by atoms with Gasteiger partial charge in [0.1, 0.15) is 0 Å². The van der Waals surface area contributed by atoms with Gasteiger partial charge in [-0.25, -0.2) is 4.68 Å². The number of anilines is 1. The van der Waals surface area contributed by atoms with Crippen molar-refractivity contribution in [2.75, 3.05) is 18.4 Å². The fraction of sp³-hybridized carbons (Fsp3) is 0.304. The molecular weight excluding hydrogens is 378 g/mol. The fourth-order valence-electron chi connectivity index (χ4n) is 3.55. The number of nitrogens with one attached hydrogen (secondary N) is 1. The Morgan fingerprint density at radius 1 is 1.07 bits per heavy atom. The summed E-state index contributed by atoms with van der Waals surface area (Å²) >= 11 is 0. The highest BCUT2D eigenvalue weighted by atomic mass is 16.2. The zero-order valence-corrected chi connectivity index (χ0v) is 17.2. The molecule has 4 rings (SSSR count). The number of hydrogen-bond acceptors (Lipinski definition) is 4. The molecule has 0 radical (unpaired) electrons. The summed E-state index contributed by atoms with van der Waals surface area (Å²) in [6.45, 7) is 5.17. The Hall–Kier alpha value is -3.48. The van der Waals surface area contributed by atoms with E-state index in [9.17, 15) is 9.59 Å². The smallest absolute Gasteiger partial charge is 0.278 e. The highest BCUT2D eigenvalue weighted by Crippen LogP contribution is 2.42. The molecule has 2 amide bonds. The molecule has 1 saturated carbocycles. The lowest BCUT2D eigenvalue weighted by molar-refractivity contribution is 0.0772. The Labute approximate surface area is 175 Å². The molecule has 7 nitrogen and oxygen atoms in total. The number of carbonyl (C=O) groups excluding carboxylic acids is 2. The van der Waals surface area contributed by atoms with Crippen LogP contribution in [0.1, 0.15) is 59.1 Å². The molecule has 2 aromatic carbocycles. The predicted octanol–water partition coefficient (Wildman–Crippen LogP) is 3.88. The van der Waals surface area contributed by atoms with Crippen molar-refractivity contribution in [3.63, 3.8) is 0 Å². The first-order chi connectivity index (χ1) is 14.6. The van der Waals surface area contributed by atoms with Crippen molar-refractivity contribution in [1.82, 2.24) is 19.9 Å². The van der Waals surface area contributed by atoms with E-state index in [1.54, 1.807) is 33.8 Å². The van der Waals surface area contributed by atoms with Crippen molar-refractivity contribution >= 4 is 17.5 Å². The summed E-state index contributed by atoms with van der Waals surface area (Å²) < 4.78 is 1.76. The molecule has 3 aromatic rings. The average molecular weight is 403 g/mol. The van der Waals surface area contributed by atoms with Gasteiger partial charge < -0.3 is 10.2 Å². The van der Waals surface area contributed by atoms with Gasteiger partial charge in [0.2, 0.25) is 0 Å². The third-order valence-electron chi connectivity index (χ3n) is 5.30. The monoisotopic (exact) mass is 403 g/mol. The third kappa shape index (κ3) is 3.96. The van der Waals surface area contributed by atoms with Crippen LogP contribution in [0.3, 0.4) is 0 Å². The van der Waals surface area contributed by atoms with Crippen LogP contribution < -0.4 is 5.32 Å². The van der Waals surface area contributed by atoms with Gasteiger partial charge in [0, 0.05) is 30.3 Å². The Morgan fingerprint density at radius 3 is 2.47 bits per heavy atom. The number of hydrogen-bond donors (Lipinski definition) is 1. The SMILES string of the molecule is CCN(CC)C(=O)c1cccc(NC(=O)c2nnn(-c3ccccc3)c2C2CC2)c1. The molecule has 1 aromatic heterocycles. The van der Waals surface area contributed by atoms with Crippen LogP contribution in [0.2, 0.25) is 0 Å². The maximum Gasteiger partial charge on any atom is 0.278 e. The molecule has 0 spiro atoms. The minimum absolute atomic E-state index is 0.0511. The average Bonchev–Trinajstić information content (AvgIpc) is 3.52. The molecule has 1 aliphatic carbocycles. The van der Waals surface area contributed by atoms with Crippen LogP contribution in [-0.4, -0.2) is 44.8 Å². The van der Waals surface area contributed by atoms with Gasteiger partial charge in [0.25, 0.3) is 11.8 Å². The molecule has 1 fully saturated rings. The van der Waals surface area contributed by atoms with Gasteiger partial charge in [-0.2, -0.15) is 0 Å². The Balaban J connectivity index is 1.59. The standard InChI is InChI=1S/C23H25N5O2/c1-3-27(4-2)23(30)17-9-8-10-18(15-17)24-22(29)20-21(16-13-14-16)28(26-25-20)19-11-6-5-7-12-19/h5-12,15-16H,3-4,13-14H2,1-2H3,(H,24,29). The molecule has 30 heavy (non-hydrogen) atoms. The molecule has 7 heteroatoms. The molecule has 0 aliphatic heterocycles. The Morgan fingerprint density at radius 2 is 1.80 bits per heavy atom. The topological polar surface area (TPSA) is 80.1 Å². The van der Waals surface area contributed by atoms with Crippen LogP contribution in [0.4, 0.5) is 5.69 Å². The minimum Gasteiger partial charge on any atom is -0.339 e. The first kappa shape index (κ1) is 19.8. The largest absolute Gasteiger partial charge is 0.339 e. The molecular formula is C23H25N5O2. The van der Waals surface area contributed by atoms with E-state index in [1.165, 1.54) is 0 Å². The molecule has 1 heterocycles. The van der Waals surface area contributed by atoms with Gasteiger partial charge in [-0.05, 0) is 57.0 Å². The maximum absolute atomic E-state index is 13.0. The van der Waals surface area contributed by atoms with E-state index in [-0.39, 0.29) is 17.7 Å². The van der Waals surface area contributed by atoms with E-state index in [2.05, 4.69) is 15.6 Å². The molecule has 1 N–H and O–H groups in total. The van der Waals surface area contributed by atoms with E-state index in [0.29, 0.717) is 30.0 Å². The summed E-state index contributed by atoms with van der Waals surface area (Å²) in [6.07, 6.45) is 2.04. The van der Waals surface area contributed by atoms with E-state index in [4.69, 9.17) is 0 Å². The number of nitrogens with zero attached hydrogens (tertiary/aromatic N) is 4. The van der Waals surface area contributed by atoms with Crippen molar-refractivity contribution in [2.45, 2.75) is 32.6 Å². The van der Waals surface area contributed by atoms with Gasteiger partial charge >= 0.3 is 0 Å². The maximum atomic E-state index is 13.0. The zero-order valence-electron chi connectivity index (χ0n) is 17.2. The van der Waals surface area contributed by atoms with Gasteiger partial charge in [0.05, 0.1) is 11.4 Å². The summed E-state index contributed by atoms with van der Waals surface area (Å²) in [4.78, 5) is 27.4. The van der Waals surface area contributed by atoms with Crippen molar-refractivity contribution < 1.29 is 9.59 Å². The molecule has 0 atom stereocenters. The zero-order chi connectivity index (χ0) is 21.1. The Kier molecular flexibility index (Phi) is 5.61. The van der Waals surface area contributed by atoms with Crippen molar-refractivity contribution in [3.05, 3.63) is 71.5 Å². The van der Waals surface area contributed by atoms with Gasteiger partial charge in [-0.15, -0.1) is 5.10 Å². The number of rotatable bonds is 7. The van der Waals surface area contributed by atoms with Gasteiger partial charge in [-0.3, -0.25) is 9.59 Å². The summed E-state index contributed by atoms with van der Waals surface area (Å²) in [5, 5.41) is 11.3. The predicted molar refractivity (Wildman–Crippen MR) is 115 cm³/mol. The first-order valence-electron chi connectivity index (χ1n) is 10.3. The number of carbonyl (C=O) groups is 2. The lowest BCUT2D eigenvalue weighted by Crippen LogP contribution is -2.30. The number of para-hydroxylation sites is 1. The number of benzene rings is 2.